The number of nitrogens with one attached hydrogen (secondary N) is 2. The molecule has 2 N–H and O–H groups in total. The number of fused-ring (bicyclic) bond motifs is 2. The summed E-state index contributed by atoms with van der Waals surface area (Å²) in [6.07, 6.45) is 0.853. The molecule has 0 saturated heterocycles. The molecule has 0 spiro atoms. The van der Waals surface area contributed by atoms with Crippen LogP contribution in [0.25, 0.3) is 22.2 Å². The maximum atomic E-state index is 4.32. The number of nitrogens with zero attached hydrogens (tertiary/aromatic N) is 3. The van der Waals surface area contributed by atoms with Crippen LogP contribution in [-0.4, -0.2) is 19.9 Å². The van der Waals surface area contributed by atoms with Crippen LogP contribution in [0.5, 0.6) is 0 Å². The summed E-state index contributed by atoms with van der Waals surface area (Å²) in [6.45, 7) is 4.21. The van der Waals surface area contributed by atoms with Crippen LogP contribution < -0.4 is 5.43 Å². The summed E-state index contributed by atoms with van der Waals surface area (Å²) < 4.78 is 2.02. The maximum absolute atomic E-state index is 4.32. The highest BCUT2D eigenvalue weighted by molar-refractivity contribution is 7.99. The van der Waals surface area contributed by atoms with Crippen molar-refractivity contribution in [1.29, 1.82) is 0 Å². The van der Waals surface area contributed by atoms with Crippen molar-refractivity contribution < 1.29 is 0 Å². The number of H-pyrrole nitrogens is 1. The van der Waals surface area contributed by atoms with E-state index >= 15 is 0 Å². The topological polar surface area (TPSA) is 58.5 Å². The zero-order valence-electron chi connectivity index (χ0n) is 14.7. The molecular formula is C20H19N5S. The summed E-state index contributed by atoms with van der Waals surface area (Å²) in [5.74, 6) is 0.965. The molecule has 0 amide bonds. The van der Waals surface area contributed by atoms with Crippen molar-refractivity contribution in [3.63, 3.8) is 0 Å². The second-order valence-corrected chi connectivity index (χ2v) is 7.61. The lowest BCUT2D eigenvalue weighted by atomic mass is 10.0. The average molecular weight is 361 g/mol. The molecule has 4 aromatic rings. The Morgan fingerprint density at radius 2 is 1.88 bits per heavy atom. The smallest absolute Gasteiger partial charge is 0.212 e. The van der Waals surface area contributed by atoms with E-state index in [4.69, 9.17) is 0 Å². The minimum atomic E-state index is 0.0956. The summed E-state index contributed by atoms with van der Waals surface area (Å²) in [7, 11) is 0. The number of aromatic amines is 1. The van der Waals surface area contributed by atoms with Gasteiger partial charge in [-0.1, -0.05) is 66.7 Å². The third-order valence-corrected chi connectivity index (χ3v) is 5.89. The Morgan fingerprint density at radius 1 is 1.08 bits per heavy atom. The molecule has 2 aromatic heterocycles. The third-order valence-electron chi connectivity index (χ3n) is 4.83. The van der Waals surface area contributed by atoms with Gasteiger partial charge in [-0.3, -0.25) is 0 Å². The van der Waals surface area contributed by atoms with Crippen molar-refractivity contribution in [2.45, 2.75) is 30.8 Å². The maximum Gasteiger partial charge on any atom is 0.212 e. The number of rotatable bonds is 3. The molecule has 2 aromatic carbocycles. The van der Waals surface area contributed by atoms with Crippen LogP contribution in [0.15, 0.2) is 53.7 Å². The highest BCUT2D eigenvalue weighted by Crippen LogP contribution is 2.45. The quantitative estimate of drug-likeness (QED) is 0.558. The van der Waals surface area contributed by atoms with E-state index in [1.807, 2.05) is 4.68 Å². The number of thioether (sulfide) groups is 1. The molecular weight excluding hydrogens is 342 g/mol. The van der Waals surface area contributed by atoms with Crippen LogP contribution in [0.4, 0.5) is 0 Å². The SMILES string of the molecule is CCc1nnc2n1NC(c1c(-c3ccc(C)cc3)[nH]c3ccccc13)S2. The van der Waals surface area contributed by atoms with Gasteiger partial charge in [-0.25, -0.2) is 4.68 Å². The van der Waals surface area contributed by atoms with E-state index in [0.29, 0.717) is 0 Å². The molecule has 1 aliphatic heterocycles. The summed E-state index contributed by atoms with van der Waals surface area (Å²) in [4.78, 5) is 3.63. The third kappa shape index (κ3) is 2.33. The first kappa shape index (κ1) is 15.5. The van der Waals surface area contributed by atoms with E-state index in [1.54, 1.807) is 11.8 Å². The molecule has 130 valence electrons. The molecule has 1 aliphatic rings. The van der Waals surface area contributed by atoms with Crippen molar-refractivity contribution >= 4 is 22.7 Å². The van der Waals surface area contributed by atoms with Crippen molar-refractivity contribution in [1.82, 2.24) is 19.9 Å². The highest BCUT2D eigenvalue weighted by Gasteiger charge is 2.31. The summed E-state index contributed by atoms with van der Waals surface area (Å²) in [6, 6.07) is 17.2. The van der Waals surface area contributed by atoms with Crippen LogP contribution in [0.2, 0.25) is 0 Å². The predicted molar refractivity (Wildman–Crippen MR) is 106 cm³/mol. The molecule has 0 radical (unpaired) electrons. The molecule has 3 heterocycles. The molecule has 5 rings (SSSR count). The largest absolute Gasteiger partial charge is 0.354 e. The second kappa shape index (κ2) is 5.92. The minimum Gasteiger partial charge on any atom is -0.354 e. The van der Waals surface area contributed by atoms with Crippen molar-refractivity contribution in [2.75, 3.05) is 5.43 Å². The van der Waals surface area contributed by atoms with Gasteiger partial charge in [0.1, 0.15) is 5.37 Å². The van der Waals surface area contributed by atoms with Crippen LogP contribution in [0.3, 0.4) is 0 Å². The first-order valence-electron chi connectivity index (χ1n) is 8.79. The number of hydrogen-bond donors (Lipinski definition) is 2. The summed E-state index contributed by atoms with van der Waals surface area (Å²) in [5.41, 5.74) is 9.62. The normalized spacial score (nSPS) is 16.0. The Bertz CT molecular complexity index is 1090. The molecule has 1 atom stereocenters. The Labute approximate surface area is 155 Å². The minimum absolute atomic E-state index is 0.0956. The van der Waals surface area contributed by atoms with E-state index in [2.05, 4.69) is 83.0 Å². The van der Waals surface area contributed by atoms with Gasteiger partial charge in [-0.05, 0) is 18.6 Å². The van der Waals surface area contributed by atoms with E-state index < -0.39 is 0 Å². The number of para-hydroxylation sites is 1. The van der Waals surface area contributed by atoms with Gasteiger partial charge in [0.25, 0.3) is 0 Å². The van der Waals surface area contributed by atoms with E-state index in [1.165, 1.54) is 22.1 Å². The lowest BCUT2D eigenvalue weighted by molar-refractivity contribution is 0.741. The first-order chi connectivity index (χ1) is 12.7. The lowest BCUT2D eigenvalue weighted by Crippen LogP contribution is -2.15. The molecule has 5 nitrogen and oxygen atoms in total. The van der Waals surface area contributed by atoms with Crippen LogP contribution >= 0.6 is 11.8 Å². The predicted octanol–water partition coefficient (Wildman–Crippen LogP) is 4.65. The number of aromatic nitrogens is 4. The highest BCUT2D eigenvalue weighted by atomic mass is 32.2. The van der Waals surface area contributed by atoms with E-state index in [9.17, 15) is 0 Å². The van der Waals surface area contributed by atoms with Crippen molar-refractivity contribution in [2.24, 2.45) is 0 Å². The van der Waals surface area contributed by atoms with Crippen molar-refractivity contribution in [3.05, 3.63) is 65.5 Å². The van der Waals surface area contributed by atoms with Gasteiger partial charge >= 0.3 is 0 Å². The van der Waals surface area contributed by atoms with Crippen molar-refractivity contribution in [3.8, 4) is 11.3 Å². The Hall–Kier alpha value is -2.73. The van der Waals surface area contributed by atoms with Gasteiger partial charge in [0.15, 0.2) is 5.82 Å². The van der Waals surface area contributed by atoms with Gasteiger partial charge in [0, 0.05) is 22.9 Å². The summed E-state index contributed by atoms with van der Waals surface area (Å²) in [5, 5.41) is 10.8. The zero-order valence-corrected chi connectivity index (χ0v) is 15.5. The monoisotopic (exact) mass is 361 g/mol. The lowest BCUT2D eigenvalue weighted by Gasteiger charge is -2.14. The molecule has 1 unspecified atom stereocenters. The molecule has 6 heteroatoms. The Balaban J connectivity index is 1.66. The fraction of sp³-hybridized carbons (Fsp3) is 0.200. The molecule has 0 aliphatic carbocycles. The second-order valence-electron chi connectivity index (χ2n) is 6.54. The number of hydrogen-bond acceptors (Lipinski definition) is 4. The van der Waals surface area contributed by atoms with Crippen LogP contribution in [0.1, 0.15) is 29.2 Å². The molecule has 26 heavy (non-hydrogen) atoms. The zero-order chi connectivity index (χ0) is 17.7. The Morgan fingerprint density at radius 3 is 2.69 bits per heavy atom. The molecule has 0 fully saturated rings. The van der Waals surface area contributed by atoms with Gasteiger partial charge in [-0.2, -0.15) is 0 Å². The van der Waals surface area contributed by atoms with E-state index in [-0.39, 0.29) is 5.37 Å². The molecule has 0 bridgehead atoms. The standard InChI is InChI=1S/C20H19N5S/c1-3-16-22-23-20-25(16)24-19(26-20)17-14-6-4-5-7-15(14)21-18(17)13-10-8-12(2)9-11-13/h4-11,19,21,24H,3H2,1-2H3. The van der Waals surface area contributed by atoms with Gasteiger partial charge in [-0.15, -0.1) is 10.2 Å². The first-order valence-corrected chi connectivity index (χ1v) is 9.67. The molecule has 0 saturated carbocycles. The van der Waals surface area contributed by atoms with Gasteiger partial charge < -0.3 is 10.4 Å². The average Bonchev–Trinajstić information content (AvgIpc) is 3.33. The van der Waals surface area contributed by atoms with Crippen LogP contribution in [-0.2, 0) is 6.42 Å². The van der Waals surface area contributed by atoms with Gasteiger partial charge in [0.2, 0.25) is 5.16 Å². The fourth-order valence-corrected chi connectivity index (χ4v) is 4.57. The summed E-state index contributed by atoms with van der Waals surface area (Å²) >= 11 is 1.72. The number of benzene rings is 2. The number of aryl methyl sites for hydroxylation is 2. The Kier molecular flexibility index (Phi) is 3.53. The van der Waals surface area contributed by atoms with E-state index in [0.717, 1.165) is 28.6 Å². The van der Waals surface area contributed by atoms with Gasteiger partial charge in [0.05, 0.1) is 5.69 Å². The fourth-order valence-electron chi connectivity index (χ4n) is 3.49. The van der Waals surface area contributed by atoms with Crippen LogP contribution in [0, 0.1) is 6.92 Å².